The zero-order valence-electron chi connectivity index (χ0n) is 23.1. The van der Waals surface area contributed by atoms with Gasteiger partial charge in [-0.3, -0.25) is 13.8 Å². The van der Waals surface area contributed by atoms with Gasteiger partial charge in [-0.05, 0) is 54.6 Å². The van der Waals surface area contributed by atoms with Crippen molar-refractivity contribution in [2.45, 2.75) is 83.5 Å². The minimum Gasteiger partial charge on any atom is -0.461 e. The van der Waals surface area contributed by atoms with Gasteiger partial charge in [0.25, 0.3) is 0 Å². The van der Waals surface area contributed by atoms with Gasteiger partial charge in [0.1, 0.15) is 23.5 Å². The van der Waals surface area contributed by atoms with Crippen LogP contribution in [0.25, 0.3) is 0 Å². The largest absolute Gasteiger partial charge is 0.494 e. The van der Waals surface area contributed by atoms with Crippen LogP contribution >= 0.6 is 0 Å². The summed E-state index contributed by atoms with van der Waals surface area (Å²) in [7, 11) is -3.52. The lowest BCUT2D eigenvalue weighted by atomic mass is 9.44. The number of fused-ring (bicyclic) bond motifs is 1. The minimum absolute atomic E-state index is 0.0503. The molecule has 0 radical (unpaired) electrons. The van der Waals surface area contributed by atoms with Gasteiger partial charge in [0.15, 0.2) is 0 Å². The Morgan fingerprint density at radius 3 is 2.74 bits per heavy atom. The molecule has 0 amide bonds. The predicted molar refractivity (Wildman–Crippen MR) is 145 cm³/mol. The lowest BCUT2D eigenvalue weighted by molar-refractivity contribution is -0.205. The fourth-order valence-corrected chi connectivity index (χ4v) is 9.28. The van der Waals surface area contributed by atoms with Crippen LogP contribution in [0.5, 0.6) is 0 Å². The summed E-state index contributed by atoms with van der Waals surface area (Å²) < 4.78 is 39.5. The first-order chi connectivity index (χ1) is 18.3. The van der Waals surface area contributed by atoms with E-state index in [1.165, 1.54) is 12.1 Å². The smallest absolute Gasteiger partial charge is 0.461 e. The molecule has 2 bridgehead atoms. The molecule has 9 atom stereocenters. The molecule has 5 rings (SSSR count). The van der Waals surface area contributed by atoms with Crippen LogP contribution in [-0.2, 0) is 36.4 Å². The van der Waals surface area contributed by atoms with Crippen molar-refractivity contribution in [1.82, 2.24) is 0 Å². The number of aliphatic hydroxyl groups excluding tert-OH is 1. The van der Waals surface area contributed by atoms with Crippen molar-refractivity contribution in [2.75, 3.05) is 5.75 Å². The number of rotatable bonds is 5. The predicted octanol–water partition coefficient (Wildman–Crippen LogP) is 3.06. The Morgan fingerprint density at radius 2 is 2.05 bits per heavy atom. The van der Waals surface area contributed by atoms with Gasteiger partial charge in [-0.15, -0.1) is 6.58 Å². The molecule has 212 valence electrons. The number of halogens is 1. The molecule has 1 heterocycles. The molecular formula is C29H38BFO7S. The van der Waals surface area contributed by atoms with E-state index >= 15 is 4.39 Å². The van der Waals surface area contributed by atoms with E-state index in [2.05, 4.69) is 13.5 Å². The SMILES string of the molecule is C=C[C@]1(C)C[C@@H](OC(=O)C[S@](=O)c2ccc3c(c2F)B(O)OC3)[C@@]2(C)[C@@H]3C(=O)CC[C@@]3(CC[C@@H]2C)[C@@H](C)[C@@H]1O. The quantitative estimate of drug-likeness (QED) is 0.324. The summed E-state index contributed by atoms with van der Waals surface area (Å²) in [6, 6.07) is 2.88. The first kappa shape index (κ1) is 28.6. The molecule has 3 aliphatic carbocycles. The number of hydrogen-bond donors (Lipinski definition) is 2. The van der Waals surface area contributed by atoms with E-state index in [1.807, 2.05) is 20.8 Å². The Labute approximate surface area is 232 Å². The van der Waals surface area contributed by atoms with E-state index < -0.39 is 63.9 Å². The van der Waals surface area contributed by atoms with Gasteiger partial charge in [-0.1, -0.05) is 39.8 Å². The summed E-state index contributed by atoms with van der Waals surface area (Å²) in [5.41, 5.74) is -1.46. The Morgan fingerprint density at radius 1 is 1.33 bits per heavy atom. The summed E-state index contributed by atoms with van der Waals surface area (Å²) in [5, 5.41) is 21.6. The molecule has 0 spiro atoms. The zero-order valence-corrected chi connectivity index (χ0v) is 23.9. The van der Waals surface area contributed by atoms with Crippen LogP contribution in [0, 0.1) is 39.8 Å². The Balaban J connectivity index is 1.47. The number of aliphatic hydroxyl groups is 1. The highest BCUT2D eigenvalue weighted by molar-refractivity contribution is 7.85. The van der Waals surface area contributed by atoms with Crippen molar-refractivity contribution in [2.24, 2.45) is 34.0 Å². The van der Waals surface area contributed by atoms with Gasteiger partial charge in [0.2, 0.25) is 0 Å². The van der Waals surface area contributed by atoms with Crippen LogP contribution in [0.15, 0.2) is 29.7 Å². The second-order valence-electron chi connectivity index (χ2n) is 12.7. The van der Waals surface area contributed by atoms with Crippen LogP contribution in [0.2, 0.25) is 0 Å². The lowest BCUT2D eigenvalue weighted by Crippen LogP contribution is -2.63. The van der Waals surface area contributed by atoms with Crippen LogP contribution in [0.1, 0.15) is 65.4 Å². The molecule has 3 fully saturated rings. The maximum absolute atomic E-state index is 15.1. The third-order valence-electron chi connectivity index (χ3n) is 10.9. The van der Waals surface area contributed by atoms with Crippen LogP contribution in [0.3, 0.4) is 0 Å². The van der Waals surface area contributed by atoms with E-state index in [1.54, 1.807) is 6.08 Å². The van der Waals surface area contributed by atoms with Crippen LogP contribution in [0.4, 0.5) is 4.39 Å². The number of ether oxygens (including phenoxy) is 1. The average Bonchev–Trinajstić information content (AvgIpc) is 3.45. The molecule has 1 aromatic rings. The number of benzene rings is 1. The van der Waals surface area contributed by atoms with Crippen molar-refractivity contribution in [3.8, 4) is 0 Å². The lowest BCUT2D eigenvalue weighted by Gasteiger charge is -2.61. The highest BCUT2D eigenvalue weighted by Gasteiger charge is 2.68. The number of hydrogen-bond acceptors (Lipinski definition) is 7. The maximum Gasteiger partial charge on any atom is 0.494 e. The van der Waals surface area contributed by atoms with E-state index in [9.17, 15) is 23.9 Å². The molecular weight excluding hydrogens is 522 g/mol. The normalized spacial score (nSPS) is 40.3. The highest BCUT2D eigenvalue weighted by Crippen LogP contribution is 2.68. The number of carbonyl (C=O) groups excluding carboxylic acids is 2. The van der Waals surface area contributed by atoms with Crippen molar-refractivity contribution >= 4 is 35.1 Å². The topological polar surface area (TPSA) is 110 Å². The Kier molecular flexibility index (Phi) is 7.27. The van der Waals surface area contributed by atoms with Crippen LogP contribution in [-0.4, -0.2) is 51.2 Å². The summed E-state index contributed by atoms with van der Waals surface area (Å²) in [6.45, 7) is 12.1. The number of ketones is 1. The third-order valence-corrected chi connectivity index (χ3v) is 12.3. The van der Waals surface area contributed by atoms with Gasteiger partial charge >= 0.3 is 13.1 Å². The van der Waals surface area contributed by atoms with Crippen molar-refractivity contribution in [3.63, 3.8) is 0 Å². The molecule has 1 aliphatic heterocycles. The fraction of sp³-hybridized carbons (Fsp3) is 0.655. The minimum atomic E-state index is -2.07. The molecule has 39 heavy (non-hydrogen) atoms. The molecule has 1 aromatic carbocycles. The Bertz CT molecular complexity index is 1240. The molecule has 0 aromatic heterocycles. The summed E-state index contributed by atoms with van der Waals surface area (Å²) >= 11 is 0. The number of Topliss-reactive ketones (excluding diaryl/α,β-unsaturated/α-hetero) is 1. The average molecular weight is 560 g/mol. The number of carbonyl (C=O) groups is 2. The van der Waals surface area contributed by atoms with Crippen molar-refractivity contribution in [3.05, 3.63) is 36.2 Å². The Hall–Kier alpha value is -1.88. The van der Waals surface area contributed by atoms with Gasteiger partial charge in [0.05, 0.1) is 28.4 Å². The molecule has 0 unspecified atom stereocenters. The van der Waals surface area contributed by atoms with E-state index in [0.717, 1.165) is 12.8 Å². The van der Waals surface area contributed by atoms with Gasteiger partial charge in [-0.25, -0.2) is 4.39 Å². The molecule has 4 aliphatic rings. The summed E-state index contributed by atoms with van der Waals surface area (Å²) in [4.78, 5) is 26.6. The standard InChI is InChI=1S/C29H38BFO7S/c1-6-27(4)13-21(28(5)16(2)9-11-29(17(3)26(27)34)12-10-19(32)25(28)29)38-22(33)15-39(36)20-8-7-18-14-37-30(35)23(18)24(20)31/h6-8,16-17,21,25-26,34-35H,1,9-15H2,2-5H3/t16-,17-,21+,25-,26-,27+,28-,29-,39-/m0/s1. The van der Waals surface area contributed by atoms with Gasteiger partial charge < -0.3 is 19.5 Å². The second-order valence-corrected chi connectivity index (χ2v) is 14.1. The third kappa shape index (κ3) is 4.20. The second kappa shape index (κ2) is 9.89. The highest BCUT2D eigenvalue weighted by atomic mass is 32.2. The molecule has 0 saturated heterocycles. The summed E-state index contributed by atoms with van der Waals surface area (Å²) in [5.74, 6) is -2.49. The maximum atomic E-state index is 15.1. The van der Waals surface area contributed by atoms with Gasteiger partial charge in [0, 0.05) is 28.6 Å². The van der Waals surface area contributed by atoms with Gasteiger partial charge in [-0.2, -0.15) is 0 Å². The monoisotopic (exact) mass is 560 g/mol. The van der Waals surface area contributed by atoms with Crippen molar-refractivity contribution < 1.29 is 37.7 Å². The molecule has 7 nitrogen and oxygen atoms in total. The van der Waals surface area contributed by atoms with E-state index in [-0.39, 0.29) is 46.9 Å². The summed E-state index contributed by atoms with van der Waals surface area (Å²) in [6.07, 6.45) is 3.25. The number of esters is 1. The molecule has 10 heteroatoms. The van der Waals surface area contributed by atoms with Crippen molar-refractivity contribution in [1.29, 1.82) is 0 Å². The van der Waals surface area contributed by atoms with E-state index in [4.69, 9.17) is 9.39 Å². The van der Waals surface area contributed by atoms with Crippen LogP contribution < -0.4 is 5.46 Å². The fourth-order valence-electron chi connectivity index (χ4n) is 8.31. The zero-order chi connectivity index (χ0) is 28.5. The molecule has 3 saturated carbocycles. The first-order valence-corrected chi connectivity index (χ1v) is 15.1. The first-order valence-electron chi connectivity index (χ1n) is 13.8. The molecule has 2 N–H and O–H groups in total. The van der Waals surface area contributed by atoms with E-state index in [0.29, 0.717) is 18.4 Å².